The van der Waals surface area contributed by atoms with Crippen LogP contribution in [-0.2, 0) is 16.4 Å². The predicted molar refractivity (Wildman–Crippen MR) is 90.5 cm³/mol. The van der Waals surface area contributed by atoms with Gasteiger partial charge in [-0.25, -0.2) is 13.4 Å². The number of carbonyl (C=O) groups is 1. The first kappa shape index (κ1) is 19.9. The van der Waals surface area contributed by atoms with Gasteiger partial charge in [-0.1, -0.05) is 6.07 Å². The van der Waals surface area contributed by atoms with Crippen LogP contribution >= 0.6 is 0 Å². The summed E-state index contributed by atoms with van der Waals surface area (Å²) in [6, 6.07) is 7.20. The largest absolute Gasteiger partial charge is 0.503 e. The third-order valence-electron chi connectivity index (χ3n) is 4.04. The van der Waals surface area contributed by atoms with E-state index in [2.05, 4.69) is 4.98 Å². The molecule has 0 spiro atoms. The van der Waals surface area contributed by atoms with Crippen molar-refractivity contribution in [3.05, 3.63) is 47.7 Å². The number of pyridine rings is 1. The van der Waals surface area contributed by atoms with Crippen LogP contribution in [0.4, 0.5) is 13.2 Å². The summed E-state index contributed by atoms with van der Waals surface area (Å²) in [5, 5.41) is -1.31. The van der Waals surface area contributed by atoms with Crippen LogP contribution in [0.5, 0.6) is 11.5 Å². The molecule has 0 unspecified atom stereocenters. The Morgan fingerprint density at radius 2 is 1.93 bits per heavy atom. The number of rotatable bonds is 5. The fraction of sp³-hybridized carbons (Fsp3) is 0.294. The van der Waals surface area contributed by atoms with Crippen molar-refractivity contribution in [2.45, 2.75) is 24.0 Å². The Balaban J connectivity index is 1.92. The highest BCUT2D eigenvalue weighted by atomic mass is 32.2. The number of alkyl halides is 3. The number of amides is 1. The van der Waals surface area contributed by atoms with Gasteiger partial charge in [-0.3, -0.25) is 4.79 Å². The molecule has 1 aromatic carbocycles. The van der Waals surface area contributed by atoms with Gasteiger partial charge in [0.25, 0.3) is 15.7 Å². The second-order valence-electron chi connectivity index (χ2n) is 5.81. The fourth-order valence-electron chi connectivity index (χ4n) is 2.63. The second kappa shape index (κ2) is 7.30. The number of ether oxygens (including phenoxy) is 2. The molecule has 0 aliphatic carbocycles. The van der Waals surface area contributed by atoms with Crippen LogP contribution in [0.2, 0.25) is 0 Å². The van der Waals surface area contributed by atoms with Gasteiger partial charge in [-0.15, -0.1) is 0 Å². The van der Waals surface area contributed by atoms with Crippen LogP contribution in [0, 0.1) is 0 Å². The maximum absolute atomic E-state index is 12.9. The van der Waals surface area contributed by atoms with Gasteiger partial charge in [-0.2, -0.15) is 13.2 Å². The van der Waals surface area contributed by atoms with Crippen LogP contribution in [0.15, 0.2) is 41.6 Å². The summed E-state index contributed by atoms with van der Waals surface area (Å²) in [6.45, 7) is 1.86. The van der Waals surface area contributed by atoms with Crippen molar-refractivity contribution >= 4 is 15.7 Å². The molecule has 0 saturated carbocycles. The van der Waals surface area contributed by atoms with Gasteiger partial charge in [0.15, 0.2) is 16.5 Å². The van der Waals surface area contributed by atoms with E-state index in [4.69, 9.17) is 9.47 Å². The average molecular weight is 416 g/mol. The maximum atomic E-state index is 12.9. The van der Waals surface area contributed by atoms with Crippen molar-refractivity contribution in [2.75, 3.05) is 13.3 Å². The lowest BCUT2D eigenvalue weighted by Gasteiger charge is -2.22. The number of hydrogen-bond acceptors (Lipinski definition) is 6. The van der Waals surface area contributed by atoms with Gasteiger partial charge >= 0.3 is 5.51 Å². The molecule has 0 bridgehead atoms. The minimum absolute atomic E-state index is 0.0341. The summed E-state index contributed by atoms with van der Waals surface area (Å²) >= 11 is 0. The zero-order chi connectivity index (χ0) is 20.5. The van der Waals surface area contributed by atoms with Crippen LogP contribution in [0.25, 0.3) is 0 Å². The maximum Gasteiger partial charge on any atom is 0.503 e. The molecule has 7 nitrogen and oxygen atoms in total. The average Bonchev–Trinajstić information content (AvgIpc) is 3.12. The topological polar surface area (TPSA) is 85.8 Å². The van der Waals surface area contributed by atoms with Gasteiger partial charge in [0.05, 0.1) is 5.56 Å². The van der Waals surface area contributed by atoms with Gasteiger partial charge in [0, 0.05) is 19.3 Å². The molecule has 3 rings (SSSR count). The monoisotopic (exact) mass is 416 g/mol. The van der Waals surface area contributed by atoms with Crippen molar-refractivity contribution in [3.63, 3.8) is 0 Å². The normalized spacial score (nSPS) is 13.4. The van der Waals surface area contributed by atoms with E-state index >= 15 is 0 Å². The third-order valence-corrected chi connectivity index (χ3v) is 5.48. The number of sulfone groups is 1. The number of halogens is 3. The first-order valence-electron chi connectivity index (χ1n) is 8.09. The molecule has 1 aliphatic rings. The van der Waals surface area contributed by atoms with Crippen LogP contribution < -0.4 is 9.47 Å². The van der Waals surface area contributed by atoms with Crippen molar-refractivity contribution in [1.82, 2.24) is 9.88 Å². The molecular formula is C17H15F3N2O5S. The minimum Gasteiger partial charge on any atom is -0.454 e. The van der Waals surface area contributed by atoms with E-state index < -0.39 is 31.8 Å². The first-order valence-corrected chi connectivity index (χ1v) is 9.57. The van der Waals surface area contributed by atoms with Crippen molar-refractivity contribution in [3.8, 4) is 11.5 Å². The van der Waals surface area contributed by atoms with Crippen LogP contribution in [-0.4, -0.2) is 43.1 Å². The van der Waals surface area contributed by atoms with E-state index in [0.717, 1.165) is 12.3 Å². The number of nitrogens with zero attached hydrogens (tertiary/aromatic N) is 2. The van der Waals surface area contributed by atoms with Gasteiger partial charge in [0.1, 0.15) is 0 Å². The summed E-state index contributed by atoms with van der Waals surface area (Å²) in [5.74, 6) is 0.155. The summed E-state index contributed by atoms with van der Waals surface area (Å²) in [4.78, 5) is 17.3. The highest BCUT2D eigenvalue weighted by Crippen LogP contribution is 2.34. The SMILES string of the molecule is CCN(Cc1ccc2c(c1)OCO2)C(=O)c1cccnc1S(=O)(=O)C(F)(F)F. The Kier molecular flexibility index (Phi) is 5.20. The minimum atomic E-state index is -5.77. The van der Waals surface area contributed by atoms with E-state index in [9.17, 15) is 26.4 Å². The van der Waals surface area contributed by atoms with Gasteiger partial charge in [-0.05, 0) is 36.8 Å². The lowest BCUT2D eigenvalue weighted by Crippen LogP contribution is -2.33. The lowest BCUT2D eigenvalue weighted by molar-refractivity contribution is -0.0438. The molecule has 2 heterocycles. The van der Waals surface area contributed by atoms with E-state index in [1.807, 2.05) is 0 Å². The van der Waals surface area contributed by atoms with Crippen molar-refractivity contribution in [1.29, 1.82) is 0 Å². The van der Waals surface area contributed by atoms with Gasteiger partial charge in [0.2, 0.25) is 6.79 Å². The summed E-state index contributed by atoms with van der Waals surface area (Å²) in [5.41, 5.74) is -5.56. The smallest absolute Gasteiger partial charge is 0.454 e. The zero-order valence-corrected chi connectivity index (χ0v) is 15.4. The first-order chi connectivity index (χ1) is 13.1. The van der Waals surface area contributed by atoms with Crippen LogP contribution in [0.3, 0.4) is 0 Å². The number of carbonyl (C=O) groups excluding carboxylic acids is 1. The summed E-state index contributed by atoms with van der Waals surface area (Å²) < 4.78 is 72.9. The molecule has 1 aromatic heterocycles. The Morgan fingerprint density at radius 3 is 2.61 bits per heavy atom. The number of fused-ring (bicyclic) bond motifs is 1. The molecule has 150 valence electrons. The standard InChI is InChI=1S/C17H15F3N2O5S/c1-2-22(9-11-5-6-13-14(8-11)27-10-26-13)16(23)12-4-3-7-21-15(12)28(24,25)17(18,19)20/h3-8H,2,9-10H2,1H3. The van der Waals surface area contributed by atoms with Crippen molar-refractivity contribution < 1.29 is 35.9 Å². The van der Waals surface area contributed by atoms with Crippen LogP contribution in [0.1, 0.15) is 22.8 Å². The fourth-order valence-corrected chi connectivity index (χ4v) is 3.50. The molecule has 28 heavy (non-hydrogen) atoms. The summed E-state index contributed by atoms with van der Waals surface area (Å²) in [6.07, 6.45) is 0.892. The molecule has 0 saturated heterocycles. The predicted octanol–water partition coefficient (Wildman–Crippen LogP) is 2.77. The van der Waals surface area contributed by atoms with Crippen molar-refractivity contribution in [2.24, 2.45) is 0 Å². The Labute approximate surface area is 158 Å². The molecule has 0 radical (unpaired) electrons. The molecule has 0 fully saturated rings. The molecule has 0 N–H and O–H groups in total. The molecule has 2 aromatic rings. The number of benzene rings is 1. The Morgan fingerprint density at radius 1 is 1.21 bits per heavy atom. The number of aromatic nitrogens is 1. The number of hydrogen-bond donors (Lipinski definition) is 0. The lowest BCUT2D eigenvalue weighted by atomic mass is 10.1. The molecule has 0 atom stereocenters. The molecule has 11 heteroatoms. The Bertz CT molecular complexity index is 1010. The quantitative estimate of drug-likeness (QED) is 0.745. The van der Waals surface area contributed by atoms with E-state index in [1.165, 1.54) is 11.0 Å². The van der Waals surface area contributed by atoms with E-state index in [1.54, 1.807) is 25.1 Å². The van der Waals surface area contributed by atoms with Gasteiger partial charge < -0.3 is 14.4 Å². The molecule has 1 aliphatic heterocycles. The Hall–Kier alpha value is -2.82. The highest BCUT2D eigenvalue weighted by molar-refractivity contribution is 7.92. The molecule has 1 amide bonds. The summed E-state index contributed by atoms with van der Waals surface area (Å²) in [7, 11) is -5.77. The van der Waals surface area contributed by atoms with E-state index in [-0.39, 0.29) is 19.9 Å². The zero-order valence-electron chi connectivity index (χ0n) is 14.6. The molecular weight excluding hydrogens is 401 g/mol. The van der Waals surface area contributed by atoms with E-state index in [0.29, 0.717) is 17.1 Å². The second-order valence-corrected chi connectivity index (χ2v) is 7.67. The highest BCUT2D eigenvalue weighted by Gasteiger charge is 2.49. The third kappa shape index (κ3) is 3.61.